The predicted molar refractivity (Wildman–Crippen MR) is 233 cm³/mol. The average Bonchev–Trinajstić information content (AvgIpc) is 3.92. The molecule has 0 fully saturated rings. The topological polar surface area (TPSA) is 34.5 Å². The van der Waals surface area contributed by atoms with Crippen molar-refractivity contribution in [3.63, 3.8) is 0 Å². The van der Waals surface area contributed by atoms with E-state index in [0.29, 0.717) is 0 Å². The molecule has 12 rings (SSSR count). The summed E-state index contributed by atoms with van der Waals surface area (Å²) < 4.78 is 15.5. The Morgan fingerprint density at radius 1 is 0.357 bits per heavy atom. The van der Waals surface area contributed by atoms with E-state index in [-0.39, 0.29) is 0 Å². The number of fused-ring (bicyclic) bond motifs is 10. The Morgan fingerprint density at radius 3 is 1.84 bits per heavy atom. The highest BCUT2D eigenvalue weighted by Gasteiger charge is 2.24. The molecule has 3 aromatic heterocycles. The van der Waals surface area contributed by atoms with Gasteiger partial charge in [0, 0.05) is 72.8 Å². The highest BCUT2D eigenvalue weighted by atomic mass is 16.3. The van der Waals surface area contributed by atoms with E-state index in [2.05, 4.69) is 185 Å². The van der Waals surface area contributed by atoms with Gasteiger partial charge in [0.2, 0.25) is 0 Å². The van der Waals surface area contributed by atoms with Gasteiger partial charge >= 0.3 is 0 Å². The van der Waals surface area contributed by atoms with Crippen LogP contribution < -0.4 is 4.90 Å². The Labute approximate surface area is 321 Å². The molecule has 0 radical (unpaired) electrons. The van der Waals surface area contributed by atoms with Crippen molar-refractivity contribution in [3.8, 4) is 16.8 Å². The van der Waals surface area contributed by atoms with Crippen molar-refractivity contribution in [2.45, 2.75) is 0 Å². The number of nitrogens with zero attached hydrogens (tertiary/aromatic N) is 2. The minimum Gasteiger partial charge on any atom is -0.456 e. The van der Waals surface area contributed by atoms with E-state index in [9.17, 15) is 0 Å². The SMILES string of the molecule is c1ccc(-c2c3c(cc4c2c2cc(N(c5ccccc5)c5ccc6c(c5)oc5ccccc56)ccc2n4-c2ccc4ccccc4c2)oc2ccccc23)cc1. The van der Waals surface area contributed by atoms with Gasteiger partial charge in [-0.05, 0) is 83.1 Å². The number of hydrogen-bond acceptors (Lipinski definition) is 3. The molecule has 0 saturated carbocycles. The van der Waals surface area contributed by atoms with Crippen LogP contribution in [0.5, 0.6) is 0 Å². The number of aromatic nitrogens is 1. The summed E-state index contributed by atoms with van der Waals surface area (Å²) >= 11 is 0. The van der Waals surface area contributed by atoms with Crippen molar-refractivity contribution in [2.24, 2.45) is 0 Å². The maximum atomic E-state index is 6.68. The van der Waals surface area contributed by atoms with Crippen LogP contribution in [-0.2, 0) is 0 Å². The van der Waals surface area contributed by atoms with Crippen LogP contribution in [0.1, 0.15) is 0 Å². The van der Waals surface area contributed by atoms with Crippen LogP contribution in [0.3, 0.4) is 0 Å². The lowest BCUT2D eigenvalue weighted by atomic mass is 9.94. The summed E-state index contributed by atoms with van der Waals surface area (Å²) in [6, 6.07) is 69.0. The summed E-state index contributed by atoms with van der Waals surface area (Å²) in [6.07, 6.45) is 0. The summed E-state index contributed by atoms with van der Waals surface area (Å²) in [5, 5.41) is 9.20. The minimum atomic E-state index is 0.860. The molecule has 0 aliphatic heterocycles. The van der Waals surface area contributed by atoms with Gasteiger partial charge in [-0.2, -0.15) is 0 Å². The smallest absolute Gasteiger partial charge is 0.138 e. The first-order valence-corrected chi connectivity index (χ1v) is 19.0. The predicted octanol–water partition coefficient (Wildman–Crippen LogP) is 14.9. The van der Waals surface area contributed by atoms with Crippen molar-refractivity contribution < 1.29 is 8.83 Å². The molecule has 12 aromatic rings. The van der Waals surface area contributed by atoms with E-state index >= 15 is 0 Å². The van der Waals surface area contributed by atoms with Crippen molar-refractivity contribution >= 4 is 93.5 Å². The lowest BCUT2D eigenvalue weighted by Gasteiger charge is -2.25. The Bertz CT molecular complexity index is 3480. The second-order valence-corrected chi connectivity index (χ2v) is 14.5. The molecule has 0 atom stereocenters. The van der Waals surface area contributed by atoms with E-state index < -0.39 is 0 Å². The van der Waals surface area contributed by atoms with Gasteiger partial charge in [-0.1, -0.05) is 115 Å². The molecule has 4 nitrogen and oxygen atoms in total. The van der Waals surface area contributed by atoms with Crippen LogP contribution in [0.25, 0.3) is 93.3 Å². The molecular formula is C52H32N2O2. The minimum absolute atomic E-state index is 0.860. The molecule has 0 bridgehead atoms. The van der Waals surface area contributed by atoms with Crippen molar-refractivity contribution in [1.29, 1.82) is 0 Å². The first-order valence-electron chi connectivity index (χ1n) is 19.0. The Hall–Kier alpha value is -7.56. The molecule has 56 heavy (non-hydrogen) atoms. The van der Waals surface area contributed by atoms with E-state index in [1.54, 1.807) is 0 Å². The average molecular weight is 717 g/mol. The zero-order valence-electron chi connectivity index (χ0n) is 30.2. The molecule has 0 spiro atoms. The Balaban J connectivity index is 1.20. The third-order valence-electron chi connectivity index (χ3n) is 11.3. The molecule has 0 amide bonds. The normalized spacial score (nSPS) is 11.9. The number of hydrogen-bond donors (Lipinski definition) is 0. The number of benzene rings is 9. The first-order chi connectivity index (χ1) is 27.8. The lowest BCUT2D eigenvalue weighted by Crippen LogP contribution is -2.09. The third kappa shape index (κ3) is 4.60. The van der Waals surface area contributed by atoms with Crippen LogP contribution in [0.15, 0.2) is 203 Å². The molecule has 0 saturated heterocycles. The molecule has 0 aliphatic carbocycles. The van der Waals surface area contributed by atoms with Crippen molar-refractivity contribution in [3.05, 3.63) is 194 Å². The van der Waals surface area contributed by atoms with Gasteiger partial charge in [0.05, 0.1) is 11.0 Å². The molecule has 4 heteroatoms. The quantitative estimate of drug-likeness (QED) is 0.178. The standard InChI is InChI=1S/C52H32N2O2/c1-3-14-34(15-4-1)50-51-43-30-38(53(36-17-5-2-6-18-36)39-25-27-41-40-19-9-11-21-46(40)55-48(41)31-39)26-28-44(43)54(37-24-23-33-13-7-8-16-35(33)29-37)45(51)32-49-52(50)42-20-10-12-22-47(42)56-49/h1-32H. The number of furan rings is 2. The summed E-state index contributed by atoms with van der Waals surface area (Å²) in [6.45, 7) is 0. The van der Waals surface area contributed by atoms with Gasteiger partial charge in [-0.15, -0.1) is 0 Å². The monoisotopic (exact) mass is 716 g/mol. The molecular weight excluding hydrogens is 685 g/mol. The van der Waals surface area contributed by atoms with Crippen molar-refractivity contribution in [2.75, 3.05) is 4.90 Å². The fraction of sp³-hybridized carbons (Fsp3) is 0. The fourth-order valence-corrected chi connectivity index (χ4v) is 8.88. The fourth-order valence-electron chi connectivity index (χ4n) is 8.88. The van der Waals surface area contributed by atoms with E-state index in [1.807, 2.05) is 18.2 Å². The molecule has 0 aliphatic rings. The molecule has 0 unspecified atom stereocenters. The highest BCUT2D eigenvalue weighted by Crippen LogP contribution is 2.48. The Morgan fingerprint density at radius 2 is 1.00 bits per heavy atom. The van der Waals surface area contributed by atoms with Crippen molar-refractivity contribution in [1.82, 2.24) is 4.57 Å². The summed E-state index contributed by atoms with van der Waals surface area (Å²) in [4.78, 5) is 2.33. The molecule has 0 N–H and O–H groups in total. The van der Waals surface area contributed by atoms with Crippen LogP contribution in [0.2, 0.25) is 0 Å². The molecule has 262 valence electrons. The molecule has 9 aromatic carbocycles. The molecule has 3 heterocycles. The summed E-state index contributed by atoms with van der Waals surface area (Å²) in [5.74, 6) is 0. The van der Waals surface area contributed by atoms with Crippen LogP contribution >= 0.6 is 0 Å². The van der Waals surface area contributed by atoms with Gasteiger partial charge in [-0.25, -0.2) is 0 Å². The van der Waals surface area contributed by atoms with Crippen LogP contribution in [0, 0.1) is 0 Å². The van der Waals surface area contributed by atoms with Crippen LogP contribution in [-0.4, -0.2) is 4.57 Å². The maximum Gasteiger partial charge on any atom is 0.138 e. The second-order valence-electron chi connectivity index (χ2n) is 14.5. The van der Waals surface area contributed by atoms with E-state index in [1.165, 1.54) is 21.7 Å². The third-order valence-corrected chi connectivity index (χ3v) is 11.3. The second kappa shape index (κ2) is 12.0. The van der Waals surface area contributed by atoms with Gasteiger partial charge in [0.25, 0.3) is 0 Å². The van der Waals surface area contributed by atoms with Crippen LogP contribution in [0.4, 0.5) is 17.1 Å². The number of para-hydroxylation sites is 3. The lowest BCUT2D eigenvalue weighted by molar-refractivity contribution is 0.668. The Kier molecular flexibility index (Phi) is 6.60. The van der Waals surface area contributed by atoms with E-state index in [4.69, 9.17) is 8.83 Å². The first kappa shape index (κ1) is 30.9. The van der Waals surface area contributed by atoms with E-state index in [0.717, 1.165) is 88.6 Å². The zero-order valence-corrected chi connectivity index (χ0v) is 30.2. The maximum absolute atomic E-state index is 6.68. The number of anilines is 3. The van der Waals surface area contributed by atoms with Gasteiger partial charge in [0.1, 0.15) is 22.3 Å². The van der Waals surface area contributed by atoms with Gasteiger partial charge < -0.3 is 18.3 Å². The highest BCUT2D eigenvalue weighted by molar-refractivity contribution is 6.27. The van der Waals surface area contributed by atoms with Gasteiger partial charge in [-0.3, -0.25) is 0 Å². The summed E-state index contributed by atoms with van der Waals surface area (Å²) in [5.41, 5.74) is 12.3. The van der Waals surface area contributed by atoms with Gasteiger partial charge in [0.15, 0.2) is 0 Å². The number of rotatable bonds is 5. The zero-order chi connectivity index (χ0) is 36.7. The summed E-state index contributed by atoms with van der Waals surface area (Å²) in [7, 11) is 0. The largest absolute Gasteiger partial charge is 0.456 e.